The third kappa shape index (κ3) is 10.8. The van der Waals surface area contributed by atoms with Crippen LogP contribution in [0.3, 0.4) is 0 Å². The number of methoxy groups -OCH3 is 1. The number of rotatable bonds is 20. The molecule has 0 aromatic carbocycles. The van der Waals surface area contributed by atoms with Crippen molar-refractivity contribution in [2.75, 3.05) is 13.7 Å². The molecule has 2 fully saturated rings. The minimum Gasteiger partial charge on any atom is -0.515 e. The van der Waals surface area contributed by atoms with Gasteiger partial charge in [-0.05, 0) is 105 Å². The van der Waals surface area contributed by atoms with Crippen molar-refractivity contribution in [2.45, 2.75) is 139 Å². The van der Waals surface area contributed by atoms with Gasteiger partial charge in [0.1, 0.15) is 12.5 Å². The average Bonchev–Trinajstić information content (AvgIpc) is 4.02. The van der Waals surface area contributed by atoms with Gasteiger partial charge in [0, 0.05) is 51.9 Å². The van der Waals surface area contributed by atoms with E-state index in [9.17, 15) is 19.5 Å². The van der Waals surface area contributed by atoms with Crippen molar-refractivity contribution in [1.82, 2.24) is 5.32 Å². The Balaban J connectivity index is 1.21. The summed E-state index contributed by atoms with van der Waals surface area (Å²) in [4.78, 5) is 56.5. The molecule has 0 aromatic heterocycles. The normalized spacial score (nSPS) is 23.2. The van der Waals surface area contributed by atoms with Crippen molar-refractivity contribution in [2.24, 2.45) is 50.5 Å². The van der Waals surface area contributed by atoms with Crippen molar-refractivity contribution in [1.29, 1.82) is 0 Å². The van der Waals surface area contributed by atoms with Crippen LogP contribution in [0.25, 0.3) is 0 Å². The zero-order chi connectivity index (χ0) is 47.1. The second kappa shape index (κ2) is 21.7. The third-order valence-electron chi connectivity index (χ3n) is 14.2. The highest BCUT2D eigenvalue weighted by atomic mass is 16.5. The molecule has 2 unspecified atom stereocenters. The molecule has 1 aliphatic carbocycles. The minimum absolute atomic E-state index is 0.139. The molecule has 5 aliphatic heterocycles. The molecule has 2 N–H and O–H groups in total. The molecular formula is C55H72N4O6. The van der Waals surface area contributed by atoms with Gasteiger partial charge in [-0.2, -0.15) is 0 Å². The van der Waals surface area contributed by atoms with Gasteiger partial charge in [-0.15, -0.1) is 0 Å². The summed E-state index contributed by atoms with van der Waals surface area (Å²) in [5, 5.41) is 14.1. The summed E-state index contributed by atoms with van der Waals surface area (Å²) in [5.74, 6) is -0.732. The first kappa shape index (κ1) is 49.1. The quantitative estimate of drug-likeness (QED) is 0.0537. The van der Waals surface area contributed by atoms with Crippen molar-refractivity contribution in [3.8, 4) is 0 Å². The summed E-state index contributed by atoms with van der Waals surface area (Å²) < 4.78 is 11.0. The summed E-state index contributed by atoms with van der Waals surface area (Å²) in [5.41, 5.74) is 10.9. The summed E-state index contributed by atoms with van der Waals surface area (Å²) in [7, 11) is 1.29. The van der Waals surface area contributed by atoms with Crippen LogP contribution in [0.15, 0.2) is 131 Å². The zero-order valence-electron chi connectivity index (χ0n) is 40.7. The van der Waals surface area contributed by atoms with Crippen LogP contribution in [-0.4, -0.2) is 53.7 Å². The van der Waals surface area contributed by atoms with Crippen LogP contribution < -0.4 is 5.32 Å². The van der Waals surface area contributed by atoms with E-state index in [1.54, 1.807) is 6.08 Å². The molecular weight excluding hydrogens is 813 g/mol. The van der Waals surface area contributed by atoms with E-state index in [-0.39, 0.29) is 36.6 Å². The van der Waals surface area contributed by atoms with Gasteiger partial charge in [0.2, 0.25) is 0 Å². The van der Waals surface area contributed by atoms with Gasteiger partial charge in [-0.1, -0.05) is 105 Å². The standard InChI is InChI=1S/C55H72N4O6/c1-12-38-35(8)42-27-43-36(9)40(23-24-48(61)65-26-25-34(7)22-16-21-33(6)20-15-19-32(5)18-14-17-31(3)4)52(58-43)50-51(55(63)64-11)54(62)49-37(10)44(59-53(49)50)28-46-39(13-2)41(30-60)47(57-46)29-45(38)56-42/h12,25,27-33,36,40,51,58,60H,1,13-24,26H2,2-11H3/b34-25+,41-30-,43-27?,44-28?,45-29?,52-50?/t32?,33?,36-,40-,51+/m0/s1. The maximum atomic E-state index is 14.4. The van der Waals surface area contributed by atoms with Crippen LogP contribution in [-0.2, 0) is 23.9 Å². The van der Waals surface area contributed by atoms with E-state index < -0.39 is 11.9 Å². The van der Waals surface area contributed by atoms with E-state index in [1.165, 1.54) is 57.6 Å². The number of nitrogens with zero attached hydrogens (tertiary/aromatic N) is 3. The Labute approximate surface area is 387 Å². The lowest BCUT2D eigenvalue weighted by Gasteiger charge is -2.19. The molecule has 5 heterocycles. The van der Waals surface area contributed by atoms with Crippen molar-refractivity contribution in [3.05, 3.63) is 116 Å². The number of Topliss-reactive ketones (excluding diaryl/α,β-unsaturated/α-hetero) is 1. The molecule has 6 rings (SSSR count). The number of esters is 2. The fraction of sp³-hybridized carbons (Fsp3) is 0.527. The highest BCUT2D eigenvalue weighted by Crippen LogP contribution is 2.47. The van der Waals surface area contributed by atoms with Crippen LogP contribution in [0.4, 0.5) is 0 Å². The van der Waals surface area contributed by atoms with Gasteiger partial charge in [0.05, 0.1) is 47.6 Å². The number of aliphatic imine (C=N–C) groups is 3. The molecule has 10 nitrogen and oxygen atoms in total. The first-order valence-corrected chi connectivity index (χ1v) is 24.1. The predicted octanol–water partition coefficient (Wildman–Crippen LogP) is 12.1. The maximum Gasteiger partial charge on any atom is 0.321 e. The highest BCUT2D eigenvalue weighted by Gasteiger charge is 2.52. The van der Waals surface area contributed by atoms with E-state index in [2.05, 4.69) is 53.4 Å². The number of aliphatic hydroxyl groups is 1. The Hall–Kier alpha value is -5.38. The number of hydrogen-bond acceptors (Lipinski definition) is 10. The monoisotopic (exact) mass is 885 g/mol. The first-order chi connectivity index (χ1) is 31.1. The number of fused-ring (bicyclic) bond motifs is 5. The summed E-state index contributed by atoms with van der Waals surface area (Å²) in [6.45, 7) is 23.7. The van der Waals surface area contributed by atoms with Crippen LogP contribution in [0.5, 0.6) is 0 Å². The van der Waals surface area contributed by atoms with Crippen molar-refractivity contribution >= 4 is 34.9 Å². The minimum atomic E-state index is -1.23. The van der Waals surface area contributed by atoms with E-state index in [0.717, 1.165) is 53.4 Å². The molecule has 0 aromatic rings. The zero-order valence-corrected chi connectivity index (χ0v) is 40.7. The number of allylic oxidation sites excluding steroid dienone is 12. The molecule has 0 radical (unpaired) electrons. The molecule has 1 saturated heterocycles. The maximum absolute atomic E-state index is 14.4. The Kier molecular flexibility index (Phi) is 16.4. The lowest BCUT2D eigenvalue weighted by molar-refractivity contribution is -0.146. The van der Waals surface area contributed by atoms with Gasteiger partial charge in [-0.25, -0.2) is 15.0 Å². The van der Waals surface area contributed by atoms with Gasteiger partial charge in [0.25, 0.3) is 0 Å². The van der Waals surface area contributed by atoms with Crippen molar-refractivity contribution < 1.29 is 29.0 Å². The number of aliphatic hydroxyl groups excluding tert-OH is 1. The molecule has 348 valence electrons. The SMILES string of the molecule is C=CC1=C(C)C2=NC1=CC1=NC(=C(CC)/C1=C/O)C=C1N=C3C(=C1C)C(=O)[C@H](C(=O)OC)C3=C1NC(=C2)[C@@H](C)[C@@H]1CCC(=O)OC/C=C(\C)CCCC(C)CCCC(C)CCCC(C)C. The Morgan fingerprint density at radius 1 is 0.908 bits per heavy atom. The van der Waals surface area contributed by atoms with E-state index in [0.29, 0.717) is 81.0 Å². The average molecular weight is 885 g/mol. The van der Waals surface area contributed by atoms with Gasteiger partial charge in [-0.3, -0.25) is 14.4 Å². The van der Waals surface area contributed by atoms with E-state index in [4.69, 9.17) is 24.5 Å². The molecule has 0 spiro atoms. The first-order valence-electron chi connectivity index (χ1n) is 24.1. The number of ketones is 1. The summed E-state index contributed by atoms with van der Waals surface area (Å²) in [6.07, 6.45) is 22.9. The third-order valence-corrected chi connectivity index (χ3v) is 14.2. The smallest absolute Gasteiger partial charge is 0.321 e. The molecule has 8 bridgehead atoms. The largest absolute Gasteiger partial charge is 0.515 e. The number of ether oxygens (including phenoxy) is 2. The molecule has 10 heteroatoms. The topological polar surface area (TPSA) is 139 Å². The molecule has 5 atom stereocenters. The van der Waals surface area contributed by atoms with E-state index >= 15 is 0 Å². The fourth-order valence-electron chi connectivity index (χ4n) is 10.1. The number of nitrogens with one attached hydrogen (secondary N) is 1. The summed E-state index contributed by atoms with van der Waals surface area (Å²) >= 11 is 0. The van der Waals surface area contributed by atoms with Crippen LogP contribution in [0.1, 0.15) is 139 Å². The van der Waals surface area contributed by atoms with Gasteiger partial charge < -0.3 is 19.9 Å². The highest BCUT2D eigenvalue weighted by molar-refractivity contribution is 6.42. The van der Waals surface area contributed by atoms with Crippen molar-refractivity contribution in [3.63, 3.8) is 0 Å². The van der Waals surface area contributed by atoms with E-state index in [1.807, 2.05) is 45.1 Å². The summed E-state index contributed by atoms with van der Waals surface area (Å²) in [6, 6.07) is 0. The van der Waals surface area contributed by atoms with Crippen LogP contribution in [0.2, 0.25) is 0 Å². The Bertz CT molecular complexity index is 2350. The second-order valence-corrected chi connectivity index (χ2v) is 19.4. The molecule has 1 saturated carbocycles. The predicted molar refractivity (Wildman–Crippen MR) is 262 cm³/mol. The Morgan fingerprint density at radius 3 is 2.25 bits per heavy atom. The fourth-order valence-corrected chi connectivity index (χ4v) is 10.1. The number of carbonyl (C=O) groups excluding carboxylic acids is 3. The Morgan fingerprint density at radius 2 is 1.60 bits per heavy atom. The van der Waals surface area contributed by atoms with Gasteiger partial charge in [0.15, 0.2) is 5.78 Å². The molecule has 0 amide bonds. The van der Waals surface area contributed by atoms with Crippen LogP contribution in [0, 0.1) is 35.5 Å². The van der Waals surface area contributed by atoms with Gasteiger partial charge >= 0.3 is 11.9 Å². The number of hydrogen-bond donors (Lipinski definition) is 2. The molecule has 6 aliphatic rings. The lowest BCUT2D eigenvalue weighted by Crippen LogP contribution is -2.26. The lowest BCUT2D eigenvalue weighted by atomic mass is 9.85. The molecule has 65 heavy (non-hydrogen) atoms. The van der Waals surface area contributed by atoms with Crippen LogP contribution >= 0.6 is 0 Å². The second-order valence-electron chi connectivity index (χ2n) is 19.4. The number of carbonyl (C=O) groups is 3.